The summed E-state index contributed by atoms with van der Waals surface area (Å²) >= 11 is 0. The Hall–Kier alpha value is -3.83. The van der Waals surface area contributed by atoms with Crippen LogP contribution in [0, 0.1) is 0 Å². The first-order valence-electron chi connectivity index (χ1n) is 11.1. The van der Waals surface area contributed by atoms with E-state index in [-0.39, 0.29) is 5.56 Å². The van der Waals surface area contributed by atoms with Crippen LogP contribution in [0.5, 0.6) is 11.5 Å². The predicted octanol–water partition coefficient (Wildman–Crippen LogP) is 5.77. The fourth-order valence-corrected chi connectivity index (χ4v) is 4.91. The molecule has 0 aromatic heterocycles. The lowest BCUT2D eigenvalue weighted by atomic mass is 9.74. The summed E-state index contributed by atoms with van der Waals surface area (Å²) in [6.45, 7) is 5.85. The summed E-state index contributed by atoms with van der Waals surface area (Å²) in [5, 5.41) is 24.3. The maximum atomic E-state index is 12.6. The third-order valence-corrected chi connectivity index (χ3v) is 6.50. The highest BCUT2D eigenvalue weighted by atomic mass is 16.5. The van der Waals surface area contributed by atoms with E-state index in [9.17, 15) is 15.0 Å². The van der Waals surface area contributed by atoms with Crippen molar-refractivity contribution in [3.8, 4) is 11.5 Å². The molecule has 1 aliphatic heterocycles. The number of hydrogen-bond acceptors (Lipinski definition) is 4. The van der Waals surface area contributed by atoms with Gasteiger partial charge in [-0.2, -0.15) is 0 Å². The summed E-state index contributed by atoms with van der Waals surface area (Å²) in [7, 11) is 0. The van der Waals surface area contributed by atoms with E-state index < -0.39 is 11.6 Å². The van der Waals surface area contributed by atoms with Gasteiger partial charge >= 0.3 is 5.97 Å². The van der Waals surface area contributed by atoms with Crippen molar-refractivity contribution < 1.29 is 19.7 Å². The Morgan fingerprint density at radius 1 is 0.879 bits per heavy atom. The fraction of sp³-hybridized carbons (Fsp3) is 0.179. The van der Waals surface area contributed by atoms with Gasteiger partial charge in [-0.05, 0) is 48.9 Å². The van der Waals surface area contributed by atoms with Crippen LogP contribution in [0.15, 0.2) is 78.9 Å². The highest BCUT2D eigenvalue weighted by Gasteiger charge is 2.45. The standard InChI is InChI=1S/C28H25NO4/c1-3-29(4-2)19-14-15-23-25(17-19)33-24-16-13-18-9-5-6-10-20(18)26(24)28(23,32)22-12-8-7-11-21(22)27(30)31/h5-17,32H,3-4H2,1-2H3,(H,30,31). The molecule has 0 saturated heterocycles. The Kier molecular flexibility index (Phi) is 5.06. The van der Waals surface area contributed by atoms with Crippen molar-refractivity contribution in [1.29, 1.82) is 0 Å². The smallest absolute Gasteiger partial charge is 0.336 e. The number of fused-ring (bicyclic) bond motifs is 4. The van der Waals surface area contributed by atoms with Crippen LogP contribution in [-0.4, -0.2) is 29.3 Å². The van der Waals surface area contributed by atoms with Crippen molar-refractivity contribution in [2.45, 2.75) is 19.4 Å². The van der Waals surface area contributed by atoms with E-state index in [2.05, 4.69) is 18.7 Å². The van der Waals surface area contributed by atoms with E-state index in [0.717, 1.165) is 29.5 Å². The zero-order chi connectivity index (χ0) is 23.2. The SMILES string of the molecule is CCN(CC)c1ccc2c(c1)Oc1ccc3ccccc3c1C2(O)c1ccccc1C(=O)O. The van der Waals surface area contributed by atoms with Crippen LogP contribution in [0.1, 0.15) is 40.9 Å². The summed E-state index contributed by atoms with van der Waals surface area (Å²) in [6, 6.07) is 23.9. The first-order valence-corrected chi connectivity index (χ1v) is 11.1. The molecule has 2 N–H and O–H groups in total. The van der Waals surface area contributed by atoms with Crippen LogP contribution in [0.4, 0.5) is 5.69 Å². The molecule has 0 saturated carbocycles. The molecular formula is C28H25NO4. The number of carbonyl (C=O) groups is 1. The first kappa shape index (κ1) is 21.0. The normalized spacial score (nSPS) is 16.6. The molecule has 5 heteroatoms. The highest BCUT2D eigenvalue weighted by molar-refractivity contribution is 5.94. The largest absolute Gasteiger partial charge is 0.478 e. The molecule has 5 rings (SSSR count). The number of rotatable bonds is 5. The summed E-state index contributed by atoms with van der Waals surface area (Å²) in [5.41, 5.74) is 0.723. The molecule has 0 bridgehead atoms. The average Bonchev–Trinajstić information content (AvgIpc) is 2.84. The molecule has 1 unspecified atom stereocenters. The number of nitrogens with zero attached hydrogens (tertiary/aromatic N) is 1. The lowest BCUT2D eigenvalue weighted by Crippen LogP contribution is -2.34. The topological polar surface area (TPSA) is 70.0 Å². The number of aliphatic hydroxyl groups is 1. The summed E-state index contributed by atoms with van der Waals surface area (Å²) in [5.74, 6) is -0.0564. The summed E-state index contributed by atoms with van der Waals surface area (Å²) < 4.78 is 6.35. The van der Waals surface area contributed by atoms with Crippen molar-refractivity contribution in [3.05, 3.63) is 101 Å². The van der Waals surface area contributed by atoms with Crippen molar-refractivity contribution in [3.63, 3.8) is 0 Å². The fourth-order valence-electron chi connectivity index (χ4n) is 4.91. The lowest BCUT2D eigenvalue weighted by Gasteiger charge is -2.38. The van der Waals surface area contributed by atoms with Gasteiger partial charge in [0.05, 0.1) is 5.56 Å². The Morgan fingerprint density at radius 2 is 1.61 bits per heavy atom. The molecule has 5 nitrogen and oxygen atoms in total. The lowest BCUT2D eigenvalue weighted by molar-refractivity contribution is 0.0676. The van der Waals surface area contributed by atoms with E-state index in [4.69, 9.17) is 4.74 Å². The van der Waals surface area contributed by atoms with Crippen LogP contribution in [-0.2, 0) is 5.60 Å². The van der Waals surface area contributed by atoms with Crippen LogP contribution >= 0.6 is 0 Å². The van der Waals surface area contributed by atoms with Gasteiger partial charge in [0.2, 0.25) is 0 Å². The molecule has 0 spiro atoms. The Labute approximate surface area is 192 Å². The summed E-state index contributed by atoms with van der Waals surface area (Å²) in [4.78, 5) is 14.4. The molecule has 1 atom stereocenters. The minimum Gasteiger partial charge on any atom is -0.478 e. The molecule has 33 heavy (non-hydrogen) atoms. The predicted molar refractivity (Wildman–Crippen MR) is 130 cm³/mol. The molecule has 0 fully saturated rings. The summed E-state index contributed by atoms with van der Waals surface area (Å²) in [6.07, 6.45) is 0. The van der Waals surface area contributed by atoms with E-state index >= 15 is 0 Å². The number of aromatic carboxylic acids is 1. The van der Waals surface area contributed by atoms with Gasteiger partial charge in [-0.25, -0.2) is 4.79 Å². The zero-order valence-corrected chi connectivity index (χ0v) is 18.6. The molecule has 4 aromatic carbocycles. The minimum absolute atomic E-state index is 0.0551. The molecule has 0 radical (unpaired) electrons. The van der Waals surface area contributed by atoms with Crippen molar-refractivity contribution >= 4 is 22.4 Å². The zero-order valence-electron chi connectivity index (χ0n) is 18.6. The maximum absolute atomic E-state index is 12.6. The van der Waals surface area contributed by atoms with Gasteiger partial charge in [0.15, 0.2) is 0 Å². The van der Waals surface area contributed by atoms with Crippen LogP contribution < -0.4 is 9.64 Å². The van der Waals surface area contributed by atoms with Crippen molar-refractivity contribution in [2.75, 3.05) is 18.0 Å². The minimum atomic E-state index is -1.71. The molecule has 166 valence electrons. The highest BCUT2D eigenvalue weighted by Crippen LogP contribution is 2.53. The number of anilines is 1. The average molecular weight is 440 g/mol. The maximum Gasteiger partial charge on any atom is 0.336 e. The molecule has 1 heterocycles. The van der Waals surface area contributed by atoms with Crippen molar-refractivity contribution in [2.24, 2.45) is 0 Å². The molecule has 0 amide bonds. The number of benzene rings is 4. The monoisotopic (exact) mass is 439 g/mol. The number of carboxylic acids is 1. The molecule has 4 aromatic rings. The number of carboxylic acid groups (broad SMARTS) is 1. The van der Waals surface area contributed by atoms with Crippen LogP contribution in [0.2, 0.25) is 0 Å². The van der Waals surface area contributed by atoms with Gasteiger partial charge in [-0.3, -0.25) is 0 Å². The van der Waals surface area contributed by atoms with Gasteiger partial charge in [0.1, 0.15) is 17.1 Å². The second-order valence-electron chi connectivity index (χ2n) is 8.18. The van der Waals surface area contributed by atoms with Crippen molar-refractivity contribution in [1.82, 2.24) is 0 Å². The first-order chi connectivity index (χ1) is 16.0. The Morgan fingerprint density at radius 3 is 2.36 bits per heavy atom. The molecule has 0 aliphatic carbocycles. The Bertz CT molecular complexity index is 1380. The van der Waals surface area contributed by atoms with E-state index in [0.29, 0.717) is 28.2 Å². The van der Waals surface area contributed by atoms with Crippen LogP contribution in [0.25, 0.3) is 10.8 Å². The third kappa shape index (κ3) is 3.16. The Balaban J connectivity index is 1.87. The molecular weight excluding hydrogens is 414 g/mol. The van der Waals surface area contributed by atoms with E-state index in [1.165, 1.54) is 6.07 Å². The quantitative estimate of drug-likeness (QED) is 0.413. The second-order valence-corrected chi connectivity index (χ2v) is 8.18. The number of ether oxygens (including phenoxy) is 1. The van der Waals surface area contributed by atoms with E-state index in [1.807, 2.05) is 54.6 Å². The van der Waals surface area contributed by atoms with E-state index in [1.54, 1.807) is 18.2 Å². The number of hydrogen-bond donors (Lipinski definition) is 2. The van der Waals surface area contributed by atoms with Gasteiger partial charge in [-0.15, -0.1) is 0 Å². The van der Waals surface area contributed by atoms with Gasteiger partial charge < -0.3 is 19.8 Å². The van der Waals surface area contributed by atoms with Gasteiger partial charge in [-0.1, -0.05) is 48.5 Å². The van der Waals surface area contributed by atoms with Crippen LogP contribution in [0.3, 0.4) is 0 Å². The van der Waals surface area contributed by atoms with Gasteiger partial charge in [0, 0.05) is 41.5 Å². The van der Waals surface area contributed by atoms with Gasteiger partial charge in [0.25, 0.3) is 0 Å². The molecule has 1 aliphatic rings. The third-order valence-electron chi connectivity index (χ3n) is 6.50. The second kappa shape index (κ2) is 7.94.